The minimum absolute atomic E-state index is 0.0454. The van der Waals surface area contributed by atoms with Crippen LogP contribution in [0.2, 0.25) is 0 Å². The molecule has 1 fully saturated rings. The number of carbonyl (C=O) groups is 1. The Balaban J connectivity index is 1.97. The molecule has 1 saturated heterocycles. The lowest BCUT2D eigenvalue weighted by Crippen LogP contribution is -2.41. The number of likely N-dealkylation sites (tertiary alicyclic amines) is 1. The van der Waals surface area contributed by atoms with Gasteiger partial charge in [0.2, 0.25) is 0 Å². The average Bonchev–Trinajstić information content (AvgIpc) is 2.88. The first-order valence-electron chi connectivity index (χ1n) is 8.01. The van der Waals surface area contributed by atoms with E-state index in [-0.39, 0.29) is 17.7 Å². The van der Waals surface area contributed by atoms with Crippen molar-refractivity contribution >= 4 is 15.7 Å². The Morgan fingerprint density at radius 1 is 1.39 bits per heavy atom. The SMILES string of the molecule is CCC[C@@H]1CN(CCS(C)(=O)=O)C[C@H]1NC(=O)c1ccccn1. The predicted molar refractivity (Wildman–Crippen MR) is 90.0 cm³/mol. The third-order valence-corrected chi connectivity index (χ3v) is 5.09. The fourth-order valence-corrected chi connectivity index (χ4v) is 3.59. The molecular weight excluding hydrogens is 314 g/mol. The maximum absolute atomic E-state index is 12.3. The Kier molecular flexibility index (Phi) is 6.12. The highest BCUT2D eigenvalue weighted by atomic mass is 32.2. The molecule has 1 aliphatic rings. The van der Waals surface area contributed by atoms with Crippen molar-refractivity contribution in [2.75, 3.05) is 31.6 Å². The minimum Gasteiger partial charge on any atom is -0.346 e. The van der Waals surface area contributed by atoms with Crippen molar-refractivity contribution in [1.82, 2.24) is 15.2 Å². The summed E-state index contributed by atoms with van der Waals surface area (Å²) in [6, 6.07) is 5.31. The van der Waals surface area contributed by atoms with Gasteiger partial charge in [-0.05, 0) is 24.5 Å². The molecule has 23 heavy (non-hydrogen) atoms. The second-order valence-electron chi connectivity index (χ2n) is 6.23. The zero-order chi connectivity index (χ0) is 16.9. The van der Waals surface area contributed by atoms with Gasteiger partial charge in [-0.3, -0.25) is 14.7 Å². The Labute approximate surface area is 138 Å². The third-order valence-electron chi connectivity index (χ3n) is 4.17. The van der Waals surface area contributed by atoms with Crippen molar-refractivity contribution in [3.63, 3.8) is 0 Å². The molecule has 1 N–H and O–H groups in total. The standard InChI is InChI=1S/C16H25N3O3S/c1-3-6-13-11-19(9-10-23(2,21)22)12-15(13)18-16(20)14-7-4-5-8-17-14/h4-5,7-8,13,15H,3,6,9-12H2,1-2H3,(H,18,20)/t13-,15-/m1/s1. The number of sulfone groups is 1. The summed E-state index contributed by atoms with van der Waals surface area (Å²) < 4.78 is 22.7. The lowest BCUT2D eigenvalue weighted by molar-refractivity contribution is 0.0924. The molecule has 1 aliphatic heterocycles. The van der Waals surface area contributed by atoms with Crippen LogP contribution < -0.4 is 5.32 Å². The molecule has 1 aromatic rings. The normalized spacial score (nSPS) is 22.2. The van der Waals surface area contributed by atoms with Crippen molar-refractivity contribution in [3.8, 4) is 0 Å². The molecule has 0 unspecified atom stereocenters. The largest absolute Gasteiger partial charge is 0.346 e. The highest BCUT2D eigenvalue weighted by Crippen LogP contribution is 2.22. The van der Waals surface area contributed by atoms with Gasteiger partial charge in [0, 0.05) is 38.1 Å². The maximum atomic E-state index is 12.3. The van der Waals surface area contributed by atoms with Gasteiger partial charge in [-0.25, -0.2) is 8.42 Å². The molecule has 2 heterocycles. The number of nitrogens with one attached hydrogen (secondary N) is 1. The van der Waals surface area contributed by atoms with Crippen LogP contribution in [0.1, 0.15) is 30.3 Å². The van der Waals surface area contributed by atoms with Crippen LogP contribution in [0.5, 0.6) is 0 Å². The number of amides is 1. The maximum Gasteiger partial charge on any atom is 0.270 e. The van der Waals surface area contributed by atoms with Crippen LogP contribution in [0.3, 0.4) is 0 Å². The van der Waals surface area contributed by atoms with Gasteiger partial charge < -0.3 is 5.32 Å². The molecule has 1 aromatic heterocycles. The molecule has 0 aliphatic carbocycles. The number of pyridine rings is 1. The average molecular weight is 339 g/mol. The lowest BCUT2D eigenvalue weighted by Gasteiger charge is -2.19. The van der Waals surface area contributed by atoms with Gasteiger partial charge in [0.1, 0.15) is 15.5 Å². The molecule has 0 bridgehead atoms. The molecule has 2 atom stereocenters. The number of aromatic nitrogens is 1. The van der Waals surface area contributed by atoms with Crippen LogP contribution in [-0.2, 0) is 9.84 Å². The first kappa shape index (κ1) is 17.9. The van der Waals surface area contributed by atoms with Crippen molar-refractivity contribution in [2.45, 2.75) is 25.8 Å². The van der Waals surface area contributed by atoms with E-state index in [2.05, 4.69) is 22.1 Å². The molecule has 0 saturated carbocycles. The van der Waals surface area contributed by atoms with Crippen LogP contribution in [0, 0.1) is 5.92 Å². The van der Waals surface area contributed by atoms with Gasteiger partial charge in [-0.2, -0.15) is 0 Å². The second kappa shape index (κ2) is 7.88. The Hall–Kier alpha value is -1.47. The summed E-state index contributed by atoms with van der Waals surface area (Å²) >= 11 is 0. The van der Waals surface area contributed by atoms with Crippen molar-refractivity contribution in [2.24, 2.45) is 5.92 Å². The number of rotatable bonds is 7. The highest BCUT2D eigenvalue weighted by Gasteiger charge is 2.33. The zero-order valence-corrected chi connectivity index (χ0v) is 14.6. The van der Waals surface area contributed by atoms with Gasteiger partial charge in [0.05, 0.1) is 5.75 Å². The van der Waals surface area contributed by atoms with Crippen LogP contribution in [-0.4, -0.2) is 61.9 Å². The smallest absolute Gasteiger partial charge is 0.270 e. The molecule has 7 heteroatoms. The predicted octanol–water partition coefficient (Wildman–Crippen LogP) is 0.957. The van der Waals surface area contributed by atoms with E-state index in [1.54, 1.807) is 24.4 Å². The fourth-order valence-electron chi connectivity index (χ4n) is 3.00. The van der Waals surface area contributed by atoms with Gasteiger partial charge in [-0.15, -0.1) is 0 Å². The van der Waals surface area contributed by atoms with E-state index in [0.717, 1.165) is 19.4 Å². The number of carbonyl (C=O) groups excluding carboxylic acids is 1. The van der Waals surface area contributed by atoms with Gasteiger partial charge in [0.25, 0.3) is 5.91 Å². The summed E-state index contributed by atoms with van der Waals surface area (Å²) in [6.07, 6.45) is 4.92. The van der Waals surface area contributed by atoms with Crippen molar-refractivity contribution in [1.29, 1.82) is 0 Å². The van der Waals surface area contributed by atoms with E-state index in [4.69, 9.17) is 0 Å². The number of hydrogen-bond donors (Lipinski definition) is 1. The molecule has 128 valence electrons. The van der Waals surface area contributed by atoms with Gasteiger partial charge >= 0.3 is 0 Å². The minimum atomic E-state index is -2.96. The second-order valence-corrected chi connectivity index (χ2v) is 8.49. The number of hydrogen-bond acceptors (Lipinski definition) is 5. The fraction of sp³-hybridized carbons (Fsp3) is 0.625. The summed E-state index contributed by atoms with van der Waals surface area (Å²) in [6.45, 7) is 4.17. The lowest BCUT2D eigenvalue weighted by atomic mass is 9.98. The first-order chi connectivity index (χ1) is 10.9. The monoisotopic (exact) mass is 339 g/mol. The molecule has 0 aromatic carbocycles. The molecule has 0 radical (unpaired) electrons. The van der Waals surface area contributed by atoms with E-state index in [0.29, 0.717) is 24.7 Å². The Morgan fingerprint density at radius 2 is 2.17 bits per heavy atom. The zero-order valence-electron chi connectivity index (χ0n) is 13.7. The van der Waals surface area contributed by atoms with Gasteiger partial charge in [-0.1, -0.05) is 19.4 Å². The summed E-state index contributed by atoms with van der Waals surface area (Å²) in [5.74, 6) is 0.348. The topological polar surface area (TPSA) is 79.4 Å². The molecular formula is C16H25N3O3S. The molecule has 2 rings (SSSR count). The van der Waals surface area contributed by atoms with Crippen molar-refractivity contribution in [3.05, 3.63) is 30.1 Å². The Morgan fingerprint density at radius 3 is 2.78 bits per heavy atom. The first-order valence-corrected chi connectivity index (χ1v) is 10.1. The Bertz CT molecular complexity index is 619. The highest BCUT2D eigenvalue weighted by molar-refractivity contribution is 7.90. The summed E-state index contributed by atoms with van der Waals surface area (Å²) in [7, 11) is -2.96. The number of nitrogens with zero attached hydrogens (tertiary/aromatic N) is 2. The van der Waals surface area contributed by atoms with Gasteiger partial charge in [0.15, 0.2) is 0 Å². The van der Waals surface area contributed by atoms with E-state index >= 15 is 0 Å². The van der Waals surface area contributed by atoms with E-state index in [1.165, 1.54) is 6.26 Å². The molecule has 0 spiro atoms. The summed E-state index contributed by atoms with van der Waals surface area (Å²) in [4.78, 5) is 18.5. The van der Waals surface area contributed by atoms with Crippen LogP contribution in [0.15, 0.2) is 24.4 Å². The van der Waals surface area contributed by atoms with E-state index < -0.39 is 9.84 Å². The van der Waals surface area contributed by atoms with Crippen LogP contribution in [0.25, 0.3) is 0 Å². The van der Waals surface area contributed by atoms with E-state index in [1.807, 2.05) is 0 Å². The third kappa shape index (κ3) is 5.58. The van der Waals surface area contributed by atoms with E-state index in [9.17, 15) is 13.2 Å². The summed E-state index contributed by atoms with van der Waals surface area (Å²) in [5.41, 5.74) is 0.414. The summed E-state index contributed by atoms with van der Waals surface area (Å²) in [5, 5.41) is 3.06. The molecule has 1 amide bonds. The van der Waals surface area contributed by atoms with Crippen LogP contribution >= 0.6 is 0 Å². The van der Waals surface area contributed by atoms with Crippen LogP contribution in [0.4, 0.5) is 0 Å². The quantitative estimate of drug-likeness (QED) is 0.800. The van der Waals surface area contributed by atoms with Crippen molar-refractivity contribution < 1.29 is 13.2 Å². The molecule has 6 nitrogen and oxygen atoms in total.